The predicted molar refractivity (Wildman–Crippen MR) is 123 cm³/mol. The highest BCUT2D eigenvalue weighted by atomic mass is 32.2. The molecule has 4 rings (SSSR count). The molecule has 2 aromatic rings. The highest BCUT2D eigenvalue weighted by molar-refractivity contribution is 7.93. The van der Waals surface area contributed by atoms with E-state index in [0.717, 1.165) is 24.6 Å². The van der Waals surface area contributed by atoms with Crippen molar-refractivity contribution in [2.75, 3.05) is 59.5 Å². The normalized spacial score (nSPS) is 17.5. The van der Waals surface area contributed by atoms with Crippen molar-refractivity contribution in [1.82, 2.24) is 9.88 Å². The lowest BCUT2D eigenvalue weighted by Gasteiger charge is -2.35. The molecule has 1 amide bonds. The summed E-state index contributed by atoms with van der Waals surface area (Å²) in [6.45, 7) is 4.30. The summed E-state index contributed by atoms with van der Waals surface area (Å²) in [6, 6.07) is 13.1. The molecule has 8 nitrogen and oxygen atoms in total. The van der Waals surface area contributed by atoms with E-state index in [1.165, 1.54) is 19.3 Å². The van der Waals surface area contributed by atoms with Gasteiger partial charge in [-0.3, -0.25) is 9.52 Å². The molecule has 0 spiro atoms. The lowest BCUT2D eigenvalue weighted by atomic mass is 10.1. The van der Waals surface area contributed by atoms with Gasteiger partial charge < -0.3 is 14.7 Å². The van der Waals surface area contributed by atoms with Crippen molar-refractivity contribution in [3.63, 3.8) is 0 Å². The lowest BCUT2D eigenvalue weighted by Crippen LogP contribution is -2.50. The maximum Gasteiger partial charge on any atom is 0.241 e. The van der Waals surface area contributed by atoms with Crippen molar-refractivity contribution in [1.29, 1.82) is 0 Å². The summed E-state index contributed by atoms with van der Waals surface area (Å²) >= 11 is 0. The van der Waals surface area contributed by atoms with E-state index in [2.05, 4.69) is 19.5 Å². The first kappa shape index (κ1) is 21.4. The second-order valence-corrected chi connectivity index (χ2v) is 9.73. The van der Waals surface area contributed by atoms with Crippen LogP contribution in [-0.2, 0) is 14.8 Å². The topological polar surface area (TPSA) is 85.8 Å². The summed E-state index contributed by atoms with van der Waals surface area (Å²) in [5, 5.41) is 0. The van der Waals surface area contributed by atoms with Crippen LogP contribution < -0.4 is 14.5 Å². The Bertz CT molecular complexity index is 968. The highest BCUT2D eigenvalue weighted by Crippen LogP contribution is 2.22. The molecule has 9 heteroatoms. The van der Waals surface area contributed by atoms with Crippen molar-refractivity contribution in [2.24, 2.45) is 0 Å². The molecular formula is C22H29N5O3S. The van der Waals surface area contributed by atoms with Gasteiger partial charge in [-0.1, -0.05) is 6.07 Å². The molecule has 1 aromatic heterocycles. The number of benzene rings is 1. The van der Waals surface area contributed by atoms with Crippen molar-refractivity contribution in [3.8, 4) is 0 Å². The molecule has 166 valence electrons. The minimum absolute atomic E-state index is 0.377. The molecule has 31 heavy (non-hydrogen) atoms. The Morgan fingerprint density at radius 3 is 2.23 bits per heavy atom. The summed E-state index contributed by atoms with van der Waals surface area (Å²) < 4.78 is 27.6. The molecule has 0 saturated carbocycles. The van der Waals surface area contributed by atoms with Gasteiger partial charge in [0, 0.05) is 56.8 Å². The van der Waals surface area contributed by atoms with Crippen molar-refractivity contribution < 1.29 is 13.2 Å². The van der Waals surface area contributed by atoms with Crippen molar-refractivity contribution in [3.05, 3.63) is 48.7 Å². The van der Waals surface area contributed by atoms with Crippen LogP contribution in [0, 0.1) is 0 Å². The number of pyridine rings is 1. The fourth-order valence-electron chi connectivity index (χ4n) is 4.09. The van der Waals surface area contributed by atoms with E-state index in [1.54, 1.807) is 23.2 Å². The molecule has 0 radical (unpaired) electrons. The summed E-state index contributed by atoms with van der Waals surface area (Å²) in [4.78, 5) is 22.9. The maximum absolute atomic E-state index is 12.6. The lowest BCUT2D eigenvalue weighted by molar-refractivity contribution is -0.128. The minimum Gasteiger partial charge on any atom is -0.372 e. The van der Waals surface area contributed by atoms with Gasteiger partial charge in [-0.25, -0.2) is 13.4 Å². The van der Waals surface area contributed by atoms with Crippen LogP contribution in [0.15, 0.2) is 48.7 Å². The van der Waals surface area contributed by atoms with E-state index in [-0.39, 0.29) is 5.91 Å². The molecule has 0 unspecified atom stereocenters. The zero-order valence-electron chi connectivity index (χ0n) is 17.6. The van der Waals surface area contributed by atoms with Gasteiger partial charge in [-0.15, -0.1) is 0 Å². The number of sulfonamides is 1. The van der Waals surface area contributed by atoms with Gasteiger partial charge in [0.15, 0.2) is 0 Å². The Balaban J connectivity index is 1.29. The molecule has 1 aromatic carbocycles. The third kappa shape index (κ3) is 5.66. The molecule has 0 aliphatic carbocycles. The highest BCUT2D eigenvalue weighted by Gasteiger charge is 2.26. The van der Waals surface area contributed by atoms with Crippen LogP contribution in [0.3, 0.4) is 0 Å². The predicted octanol–water partition coefficient (Wildman–Crippen LogP) is 2.16. The number of rotatable bonds is 6. The third-order valence-electron chi connectivity index (χ3n) is 5.78. The summed E-state index contributed by atoms with van der Waals surface area (Å²) in [7, 11) is -3.77. The number of hydrogen-bond donors (Lipinski definition) is 1. The van der Waals surface area contributed by atoms with Gasteiger partial charge >= 0.3 is 0 Å². The van der Waals surface area contributed by atoms with Crippen LogP contribution in [0.1, 0.15) is 19.3 Å². The molecule has 1 N–H and O–H groups in total. The second-order valence-electron chi connectivity index (χ2n) is 8.01. The summed E-state index contributed by atoms with van der Waals surface area (Å²) in [6.07, 6.45) is 5.38. The summed E-state index contributed by atoms with van der Waals surface area (Å²) in [5.74, 6) is -0.0558. The minimum atomic E-state index is -3.77. The fourth-order valence-corrected chi connectivity index (χ4v) is 5.16. The van der Waals surface area contributed by atoms with Crippen molar-refractivity contribution >= 4 is 33.1 Å². The van der Waals surface area contributed by atoms with Gasteiger partial charge in [0.1, 0.15) is 11.6 Å². The van der Waals surface area contributed by atoms with E-state index in [1.807, 2.05) is 30.3 Å². The van der Waals surface area contributed by atoms with Gasteiger partial charge in [0.25, 0.3) is 0 Å². The van der Waals surface area contributed by atoms with Crippen LogP contribution in [0.4, 0.5) is 17.2 Å². The number of amides is 1. The van der Waals surface area contributed by atoms with E-state index in [0.29, 0.717) is 31.9 Å². The molecule has 3 heterocycles. The number of carbonyl (C=O) groups is 1. The maximum atomic E-state index is 12.6. The van der Waals surface area contributed by atoms with Crippen LogP contribution >= 0.6 is 0 Å². The number of nitrogens with zero attached hydrogens (tertiary/aromatic N) is 4. The Labute approximate surface area is 183 Å². The van der Waals surface area contributed by atoms with Crippen LogP contribution in [0.2, 0.25) is 0 Å². The molecule has 0 atom stereocenters. The number of hydrogen-bond acceptors (Lipinski definition) is 6. The van der Waals surface area contributed by atoms with Gasteiger partial charge in [-0.2, -0.15) is 0 Å². The van der Waals surface area contributed by atoms with E-state index >= 15 is 0 Å². The Morgan fingerprint density at radius 1 is 0.871 bits per heavy atom. The third-order valence-corrected chi connectivity index (χ3v) is 6.95. The summed E-state index contributed by atoms with van der Waals surface area (Å²) in [5.41, 5.74) is 1.58. The van der Waals surface area contributed by atoms with E-state index in [4.69, 9.17) is 0 Å². The van der Waals surface area contributed by atoms with E-state index in [9.17, 15) is 13.2 Å². The standard InChI is InChI=1S/C22H29N5O3S/c28-22(27-16-14-26(15-17-27)21-6-2-3-11-23-21)18-31(29,30)24-19-7-9-20(10-8-19)25-12-4-1-5-13-25/h2-3,6-11,24H,1,4-5,12-18H2. The number of piperazine rings is 1. The average molecular weight is 444 g/mol. The second kappa shape index (κ2) is 9.55. The molecule has 2 saturated heterocycles. The zero-order chi connectivity index (χ0) is 21.7. The molecular weight excluding hydrogens is 414 g/mol. The van der Waals surface area contributed by atoms with Crippen LogP contribution in [-0.4, -0.2) is 69.2 Å². The Kier molecular flexibility index (Phi) is 6.60. The molecule has 2 fully saturated rings. The number of piperidine rings is 1. The van der Waals surface area contributed by atoms with Gasteiger partial charge in [0.2, 0.25) is 15.9 Å². The van der Waals surface area contributed by atoms with Gasteiger partial charge in [0.05, 0.1) is 0 Å². The molecule has 2 aliphatic heterocycles. The Morgan fingerprint density at radius 2 is 1.58 bits per heavy atom. The van der Waals surface area contributed by atoms with Crippen LogP contribution in [0.25, 0.3) is 0 Å². The largest absolute Gasteiger partial charge is 0.372 e. The zero-order valence-corrected chi connectivity index (χ0v) is 18.4. The number of carbonyl (C=O) groups excluding carboxylic acids is 1. The average Bonchev–Trinajstić information content (AvgIpc) is 2.80. The first-order chi connectivity index (χ1) is 15.0. The number of nitrogens with one attached hydrogen (secondary N) is 1. The van der Waals surface area contributed by atoms with Crippen LogP contribution in [0.5, 0.6) is 0 Å². The fraction of sp³-hybridized carbons (Fsp3) is 0.455. The van der Waals surface area contributed by atoms with Gasteiger partial charge in [-0.05, 0) is 55.7 Å². The quantitative estimate of drug-likeness (QED) is 0.736. The molecule has 2 aliphatic rings. The first-order valence-electron chi connectivity index (χ1n) is 10.8. The Hall–Kier alpha value is -2.81. The van der Waals surface area contributed by atoms with E-state index < -0.39 is 15.8 Å². The monoisotopic (exact) mass is 443 g/mol. The smallest absolute Gasteiger partial charge is 0.241 e. The SMILES string of the molecule is O=C(CS(=O)(=O)Nc1ccc(N2CCCCC2)cc1)N1CCN(c2ccccn2)CC1. The number of anilines is 3. The number of aromatic nitrogens is 1. The van der Waals surface area contributed by atoms with Crippen molar-refractivity contribution in [2.45, 2.75) is 19.3 Å². The first-order valence-corrected chi connectivity index (χ1v) is 12.4. The molecule has 0 bridgehead atoms.